The first kappa shape index (κ1) is 14.1. The van der Waals surface area contributed by atoms with E-state index in [2.05, 4.69) is 0 Å². The Balaban J connectivity index is 2.27. The van der Waals surface area contributed by atoms with E-state index < -0.39 is 6.04 Å². The lowest BCUT2D eigenvalue weighted by Gasteiger charge is -2.19. The fourth-order valence-corrected chi connectivity index (χ4v) is 3.05. The van der Waals surface area contributed by atoms with Crippen LogP contribution < -0.4 is 5.73 Å². The van der Waals surface area contributed by atoms with Gasteiger partial charge in [0.1, 0.15) is 5.82 Å². The highest BCUT2D eigenvalue weighted by atomic mass is 35.5. The quantitative estimate of drug-likeness (QED) is 0.709. The molecule has 0 bridgehead atoms. The molecule has 2 N–H and O–H groups in total. The molecule has 0 radical (unpaired) electrons. The predicted octanol–water partition coefficient (Wildman–Crippen LogP) is 4.99. The highest BCUT2D eigenvalue weighted by Crippen LogP contribution is 2.34. The van der Waals surface area contributed by atoms with Gasteiger partial charge in [-0.3, -0.25) is 0 Å². The van der Waals surface area contributed by atoms with Crippen molar-refractivity contribution < 1.29 is 4.39 Å². The summed E-state index contributed by atoms with van der Waals surface area (Å²) in [6.45, 7) is 1.98. The van der Waals surface area contributed by atoms with Gasteiger partial charge in [-0.2, -0.15) is 0 Å². The zero-order chi connectivity index (χ0) is 15.0. The van der Waals surface area contributed by atoms with E-state index in [1.54, 1.807) is 12.1 Å². The fraction of sp³-hybridized carbons (Fsp3) is 0.111. The van der Waals surface area contributed by atoms with Crippen molar-refractivity contribution in [3.8, 4) is 0 Å². The molecule has 0 aliphatic heterocycles. The number of benzene rings is 3. The molecule has 1 nitrogen and oxygen atoms in total. The van der Waals surface area contributed by atoms with E-state index in [0.29, 0.717) is 10.6 Å². The van der Waals surface area contributed by atoms with Crippen LogP contribution in [0.3, 0.4) is 0 Å². The van der Waals surface area contributed by atoms with Gasteiger partial charge in [-0.05, 0) is 41.0 Å². The summed E-state index contributed by atoms with van der Waals surface area (Å²) in [6, 6.07) is 16.1. The van der Waals surface area contributed by atoms with Crippen LogP contribution in [0.25, 0.3) is 10.8 Å². The monoisotopic (exact) mass is 299 g/mol. The van der Waals surface area contributed by atoms with Gasteiger partial charge in [0.05, 0.1) is 6.04 Å². The largest absolute Gasteiger partial charge is 0.320 e. The summed E-state index contributed by atoms with van der Waals surface area (Å²) in [5, 5.41) is 2.47. The van der Waals surface area contributed by atoms with Gasteiger partial charge in [-0.1, -0.05) is 54.1 Å². The summed E-state index contributed by atoms with van der Waals surface area (Å²) in [4.78, 5) is 0. The zero-order valence-electron chi connectivity index (χ0n) is 11.6. The van der Waals surface area contributed by atoms with Crippen LogP contribution in [0.15, 0.2) is 54.6 Å². The van der Waals surface area contributed by atoms with Gasteiger partial charge in [0, 0.05) is 10.6 Å². The Morgan fingerprint density at radius 3 is 2.48 bits per heavy atom. The first-order chi connectivity index (χ1) is 10.1. The number of nitrogens with two attached hydrogens (primary N) is 1. The van der Waals surface area contributed by atoms with Gasteiger partial charge in [0.15, 0.2) is 0 Å². The van der Waals surface area contributed by atoms with Crippen molar-refractivity contribution in [2.24, 2.45) is 5.73 Å². The molecular weight excluding hydrogens is 285 g/mol. The van der Waals surface area contributed by atoms with Crippen molar-refractivity contribution in [1.82, 2.24) is 0 Å². The molecule has 0 fully saturated rings. The molecule has 1 atom stereocenters. The van der Waals surface area contributed by atoms with Gasteiger partial charge in [0.25, 0.3) is 0 Å². The molecule has 3 rings (SSSR count). The molecule has 0 heterocycles. The average molecular weight is 300 g/mol. The number of hydrogen-bond acceptors (Lipinski definition) is 1. The maximum Gasteiger partial charge on any atom is 0.129 e. The lowest BCUT2D eigenvalue weighted by molar-refractivity contribution is 0.600. The van der Waals surface area contributed by atoms with Crippen molar-refractivity contribution in [3.05, 3.63) is 82.1 Å². The van der Waals surface area contributed by atoms with Crippen LogP contribution >= 0.6 is 11.6 Å². The van der Waals surface area contributed by atoms with Crippen LogP contribution in [0.2, 0.25) is 5.02 Å². The van der Waals surface area contributed by atoms with Crippen molar-refractivity contribution in [3.63, 3.8) is 0 Å². The maximum absolute atomic E-state index is 14.2. The van der Waals surface area contributed by atoms with Gasteiger partial charge < -0.3 is 5.73 Å². The normalized spacial score (nSPS) is 12.6. The maximum atomic E-state index is 14.2. The number of hydrogen-bond donors (Lipinski definition) is 1. The Hall–Kier alpha value is -1.90. The standard InChI is InChI=1S/C18H15ClFN/c1-11-9-10-12-5-2-3-6-13(12)16(11)18(21)17-14(19)7-4-8-15(17)20/h2-10,18H,21H2,1H3. The fourth-order valence-electron chi connectivity index (χ4n) is 2.77. The Kier molecular flexibility index (Phi) is 3.66. The molecule has 3 aromatic rings. The highest BCUT2D eigenvalue weighted by molar-refractivity contribution is 6.31. The van der Waals surface area contributed by atoms with E-state index in [1.165, 1.54) is 6.07 Å². The molecule has 3 aromatic carbocycles. The van der Waals surface area contributed by atoms with Crippen LogP contribution in [0, 0.1) is 12.7 Å². The highest BCUT2D eigenvalue weighted by Gasteiger charge is 2.20. The molecule has 0 spiro atoms. The summed E-state index contributed by atoms with van der Waals surface area (Å²) in [5.41, 5.74) is 8.65. The summed E-state index contributed by atoms with van der Waals surface area (Å²) in [7, 11) is 0. The molecule has 0 amide bonds. The van der Waals surface area contributed by atoms with Crippen molar-refractivity contribution in [2.45, 2.75) is 13.0 Å². The average Bonchev–Trinajstić information content (AvgIpc) is 2.46. The number of aryl methyl sites for hydroxylation is 1. The first-order valence-electron chi connectivity index (χ1n) is 6.77. The molecular formula is C18H15ClFN. The third-order valence-electron chi connectivity index (χ3n) is 3.81. The molecule has 1 unspecified atom stereocenters. The van der Waals surface area contributed by atoms with Crippen LogP contribution in [0.4, 0.5) is 4.39 Å². The molecule has 0 aliphatic rings. The van der Waals surface area contributed by atoms with Gasteiger partial charge >= 0.3 is 0 Å². The molecule has 0 aliphatic carbocycles. The van der Waals surface area contributed by atoms with E-state index in [4.69, 9.17) is 17.3 Å². The van der Waals surface area contributed by atoms with E-state index in [1.807, 2.05) is 43.3 Å². The van der Waals surface area contributed by atoms with Crippen LogP contribution in [-0.4, -0.2) is 0 Å². The Morgan fingerprint density at radius 2 is 1.71 bits per heavy atom. The summed E-state index contributed by atoms with van der Waals surface area (Å²) in [5.74, 6) is -0.373. The minimum absolute atomic E-state index is 0.346. The molecule has 3 heteroatoms. The third kappa shape index (κ3) is 2.41. The molecule has 0 aromatic heterocycles. The topological polar surface area (TPSA) is 26.0 Å². The van der Waals surface area contributed by atoms with E-state index in [-0.39, 0.29) is 5.82 Å². The second-order valence-corrected chi connectivity index (χ2v) is 5.54. The molecule has 0 saturated carbocycles. The Labute approximate surface area is 128 Å². The first-order valence-corrected chi connectivity index (χ1v) is 7.15. The van der Waals surface area contributed by atoms with Crippen molar-refractivity contribution >= 4 is 22.4 Å². The number of halogens is 2. The van der Waals surface area contributed by atoms with Gasteiger partial charge in [0.2, 0.25) is 0 Å². The Morgan fingerprint density at radius 1 is 0.952 bits per heavy atom. The summed E-state index contributed by atoms with van der Waals surface area (Å²) < 4.78 is 14.2. The third-order valence-corrected chi connectivity index (χ3v) is 4.14. The summed E-state index contributed by atoms with van der Waals surface area (Å²) in [6.07, 6.45) is 0. The lowest BCUT2D eigenvalue weighted by Crippen LogP contribution is -2.16. The molecule has 0 saturated heterocycles. The molecule has 106 valence electrons. The van der Waals surface area contributed by atoms with E-state index in [0.717, 1.165) is 21.9 Å². The predicted molar refractivity (Wildman–Crippen MR) is 86.1 cm³/mol. The SMILES string of the molecule is Cc1ccc2ccccc2c1C(N)c1c(F)cccc1Cl. The second-order valence-electron chi connectivity index (χ2n) is 5.13. The van der Waals surface area contributed by atoms with Crippen LogP contribution in [0.5, 0.6) is 0 Å². The number of fused-ring (bicyclic) bond motifs is 1. The summed E-state index contributed by atoms with van der Waals surface area (Å²) >= 11 is 6.16. The van der Waals surface area contributed by atoms with Crippen LogP contribution in [-0.2, 0) is 0 Å². The van der Waals surface area contributed by atoms with E-state index in [9.17, 15) is 4.39 Å². The van der Waals surface area contributed by atoms with Crippen molar-refractivity contribution in [1.29, 1.82) is 0 Å². The second kappa shape index (κ2) is 5.47. The minimum Gasteiger partial charge on any atom is -0.320 e. The lowest BCUT2D eigenvalue weighted by atomic mass is 9.90. The van der Waals surface area contributed by atoms with Gasteiger partial charge in [-0.15, -0.1) is 0 Å². The minimum atomic E-state index is -0.593. The number of rotatable bonds is 2. The van der Waals surface area contributed by atoms with Crippen molar-refractivity contribution in [2.75, 3.05) is 0 Å². The Bertz CT molecular complexity index is 793. The van der Waals surface area contributed by atoms with Gasteiger partial charge in [-0.25, -0.2) is 4.39 Å². The zero-order valence-corrected chi connectivity index (χ0v) is 12.4. The molecule has 21 heavy (non-hydrogen) atoms. The smallest absolute Gasteiger partial charge is 0.129 e. The van der Waals surface area contributed by atoms with Crippen LogP contribution in [0.1, 0.15) is 22.7 Å². The van der Waals surface area contributed by atoms with E-state index >= 15 is 0 Å².